The maximum Gasteiger partial charge on any atom is 0.168 e. The molecule has 0 radical (unpaired) electrons. The molecular weight excluding hydrogens is 190 g/mol. The number of hydrogen-bond donors (Lipinski definition) is 1. The average molecular weight is 199 g/mol. The first kappa shape index (κ1) is 9.33. The molecule has 1 heterocycles. The number of nitrogens with zero attached hydrogens (tertiary/aromatic N) is 2. The Balaban J connectivity index is 2.21. The summed E-state index contributed by atoms with van der Waals surface area (Å²) in [6, 6.07) is 11.2. The molecule has 0 aliphatic rings. The van der Waals surface area contributed by atoms with Crippen LogP contribution in [-0.4, -0.2) is 16.3 Å². The van der Waals surface area contributed by atoms with E-state index in [2.05, 4.69) is 15.3 Å². The van der Waals surface area contributed by atoms with Gasteiger partial charge in [-0.2, -0.15) is 0 Å². The fourth-order valence-electron chi connectivity index (χ4n) is 1.17. The van der Waals surface area contributed by atoms with Crippen LogP contribution >= 0.6 is 0 Å². The van der Waals surface area contributed by atoms with Gasteiger partial charge in [0.1, 0.15) is 17.8 Å². The van der Waals surface area contributed by atoms with Gasteiger partial charge in [0.25, 0.3) is 0 Å². The number of benzene rings is 1. The normalized spacial score (nSPS) is 9.60. The van der Waals surface area contributed by atoms with Crippen molar-refractivity contribution in [2.45, 2.75) is 0 Å². The molecule has 0 amide bonds. The molecular formula is C11H9N3O. The van der Waals surface area contributed by atoms with Crippen LogP contribution in [0.3, 0.4) is 0 Å². The molecule has 0 aliphatic heterocycles. The zero-order valence-corrected chi connectivity index (χ0v) is 7.92. The van der Waals surface area contributed by atoms with Gasteiger partial charge in [-0.1, -0.05) is 18.2 Å². The second-order valence-corrected chi connectivity index (χ2v) is 2.94. The number of carbonyl (C=O) groups excluding carboxylic acids is 1. The van der Waals surface area contributed by atoms with Crippen LogP contribution in [0, 0.1) is 0 Å². The van der Waals surface area contributed by atoms with Crippen LogP contribution in [0.2, 0.25) is 0 Å². The lowest BCUT2D eigenvalue weighted by Crippen LogP contribution is -1.96. The van der Waals surface area contributed by atoms with Crippen molar-refractivity contribution >= 4 is 17.8 Å². The van der Waals surface area contributed by atoms with E-state index in [9.17, 15) is 4.79 Å². The summed E-state index contributed by atoms with van der Waals surface area (Å²) in [5.74, 6) is 0.610. The first-order valence-electron chi connectivity index (χ1n) is 4.48. The van der Waals surface area contributed by atoms with Gasteiger partial charge in [0.15, 0.2) is 6.29 Å². The highest BCUT2D eigenvalue weighted by molar-refractivity contribution is 5.73. The van der Waals surface area contributed by atoms with Crippen molar-refractivity contribution in [2.75, 3.05) is 5.32 Å². The van der Waals surface area contributed by atoms with E-state index < -0.39 is 0 Å². The molecule has 4 nitrogen and oxygen atoms in total. The lowest BCUT2D eigenvalue weighted by atomic mass is 10.3. The predicted octanol–water partition coefficient (Wildman–Crippen LogP) is 2.03. The Morgan fingerprint density at radius 2 is 1.93 bits per heavy atom. The van der Waals surface area contributed by atoms with Gasteiger partial charge in [0.05, 0.1) is 0 Å². The highest BCUT2D eigenvalue weighted by atomic mass is 16.1. The Hall–Kier alpha value is -2.23. The Bertz CT molecular complexity index is 456. The molecule has 0 atom stereocenters. The Kier molecular flexibility index (Phi) is 2.69. The highest BCUT2D eigenvalue weighted by Crippen LogP contribution is 2.12. The van der Waals surface area contributed by atoms with Gasteiger partial charge in [-0.05, 0) is 12.1 Å². The van der Waals surface area contributed by atoms with E-state index in [1.807, 2.05) is 30.3 Å². The number of para-hydroxylation sites is 1. The van der Waals surface area contributed by atoms with Crippen LogP contribution in [0.1, 0.15) is 10.5 Å². The third kappa shape index (κ3) is 2.37. The second kappa shape index (κ2) is 4.32. The summed E-state index contributed by atoms with van der Waals surface area (Å²) in [7, 11) is 0. The van der Waals surface area contributed by atoms with Crippen molar-refractivity contribution in [3.63, 3.8) is 0 Å². The number of nitrogens with one attached hydrogen (secondary N) is 1. The largest absolute Gasteiger partial charge is 0.340 e. The van der Waals surface area contributed by atoms with Crippen LogP contribution in [0.15, 0.2) is 42.7 Å². The molecule has 0 saturated heterocycles. The van der Waals surface area contributed by atoms with Gasteiger partial charge < -0.3 is 5.32 Å². The summed E-state index contributed by atoms with van der Waals surface area (Å²) >= 11 is 0. The fraction of sp³-hybridized carbons (Fsp3) is 0. The number of aromatic nitrogens is 2. The van der Waals surface area contributed by atoms with Crippen molar-refractivity contribution in [1.29, 1.82) is 0 Å². The summed E-state index contributed by atoms with van der Waals surface area (Å²) in [5, 5.41) is 3.07. The minimum atomic E-state index is 0.364. The predicted molar refractivity (Wildman–Crippen MR) is 57.1 cm³/mol. The third-order valence-corrected chi connectivity index (χ3v) is 1.86. The van der Waals surface area contributed by atoms with Crippen LogP contribution in [-0.2, 0) is 0 Å². The topological polar surface area (TPSA) is 54.9 Å². The first-order chi connectivity index (χ1) is 7.38. The van der Waals surface area contributed by atoms with Crippen molar-refractivity contribution in [3.05, 3.63) is 48.4 Å². The molecule has 1 aromatic carbocycles. The molecule has 1 N–H and O–H groups in total. The maximum absolute atomic E-state index is 10.5. The minimum Gasteiger partial charge on any atom is -0.340 e. The van der Waals surface area contributed by atoms with E-state index in [1.165, 1.54) is 6.33 Å². The van der Waals surface area contributed by atoms with E-state index in [0.717, 1.165) is 5.69 Å². The molecule has 0 spiro atoms. The Morgan fingerprint density at radius 3 is 2.67 bits per heavy atom. The van der Waals surface area contributed by atoms with E-state index >= 15 is 0 Å². The van der Waals surface area contributed by atoms with Gasteiger partial charge in [-0.25, -0.2) is 9.97 Å². The smallest absolute Gasteiger partial charge is 0.168 e. The average Bonchev–Trinajstić information content (AvgIpc) is 2.31. The van der Waals surface area contributed by atoms with E-state index in [4.69, 9.17) is 0 Å². The second-order valence-electron chi connectivity index (χ2n) is 2.94. The summed E-state index contributed by atoms with van der Waals surface area (Å²) in [5.41, 5.74) is 1.29. The number of anilines is 2. The number of aldehydes is 1. The van der Waals surface area contributed by atoms with Crippen LogP contribution in [0.25, 0.3) is 0 Å². The summed E-state index contributed by atoms with van der Waals surface area (Å²) in [6.07, 6.45) is 2.05. The number of carbonyl (C=O) groups is 1. The molecule has 4 heteroatoms. The van der Waals surface area contributed by atoms with Crippen molar-refractivity contribution in [2.24, 2.45) is 0 Å². The molecule has 0 unspecified atom stereocenters. The first-order valence-corrected chi connectivity index (χ1v) is 4.48. The maximum atomic E-state index is 10.5. The molecule has 0 fully saturated rings. The molecule has 1 aromatic heterocycles. The van der Waals surface area contributed by atoms with E-state index in [-0.39, 0.29) is 0 Å². The van der Waals surface area contributed by atoms with Crippen LogP contribution in [0.5, 0.6) is 0 Å². The summed E-state index contributed by atoms with van der Waals surface area (Å²) in [6.45, 7) is 0. The summed E-state index contributed by atoms with van der Waals surface area (Å²) < 4.78 is 0. The molecule has 15 heavy (non-hydrogen) atoms. The molecule has 0 saturated carbocycles. The molecule has 2 rings (SSSR count). The zero-order valence-electron chi connectivity index (χ0n) is 7.92. The lowest BCUT2D eigenvalue weighted by molar-refractivity contribution is 0.111. The SMILES string of the molecule is O=Cc1cc(Nc2ccccc2)ncn1. The number of hydrogen-bond acceptors (Lipinski definition) is 4. The fourth-order valence-corrected chi connectivity index (χ4v) is 1.17. The van der Waals surface area contributed by atoms with Gasteiger partial charge >= 0.3 is 0 Å². The Morgan fingerprint density at radius 1 is 1.13 bits per heavy atom. The summed E-state index contributed by atoms with van der Waals surface area (Å²) in [4.78, 5) is 18.3. The van der Waals surface area contributed by atoms with Gasteiger partial charge in [-0.3, -0.25) is 4.79 Å². The van der Waals surface area contributed by atoms with Crippen molar-refractivity contribution < 1.29 is 4.79 Å². The van der Waals surface area contributed by atoms with Crippen molar-refractivity contribution in [3.8, 4) is 0 Å². The van der Waals surface area contributed by atoms with Gasteiger partial charge in [-0.15, -0.1) is 0 Å². The third-order valence-electron chi connectivity index (χ3n) is 1.86. The lowest BCUT2D eigenvalue weighted by Gasteiger charge is -2.04. The molecule has 2 aromatic rings. The monoisotopic (exact) mass is 199 g/mol. The van der Waals surface area contributed by atoms with Gasteiger partial charge in [0.2, 0.25) is 0 Å². The van der Waals surface area contributed by atoms with Crippen molar-refractivity contribution in [1.82, 2.24) is 9.97 Å². The quantitative estimate of drug-likeness (QED) is 0.768. The molecule has 0 bridgehead atoms. The number of rotatable bonds is 3. The van der Waals surface area contributed by atoms with Crippen LogP contribution < -0.4 is 5.32 Å². The van der Waals surface area contributed by atoms with E-state index in [1.54, 1.807) is 6.07 Å². The zero-order chi connectivity index (χ0) is 10.5. The van der Waals surface area contributed by atoms with Crippen LogP contribution in [0.4, 0.5) is 11.5 Å². The standard InChI is InChI=1S/C11H9N3O/c15-7-10-6-11(13-8-12-10)14-9-4-2-1-3-5-9/h1-8H,(H,12,13,14). The minimum absolute atomic E-state index is 0.364. The molecule has 74 valence electrons. The van der Waals surface area contributed by atoms with E-state index in [0.29, 0.717) is 17.8 Å². The molecule has 0 aliphatic carbocycles. The highest BCUT2D eigenvalue weighted by Gasteiger charge is 1.97. The van der Waals surface area contributed by atoms with Gasteiger partial charge in [0, 0.05) is 11.8 Å². The Labute approximate surface area is 87.0 Å².